The Bertz CT molecular complexity index is 908. The molecule has 1 heterocycles. The van der Waals surface area contributed by atoms with Crippen molar-refractivity contribution in [3.8, 4) is 5.75 Å². The van der Waals surface area contributed by atoms with Gasteiger partial charge >= 0.3 is 6.18 Å². The van der Waals surface area contributed by atoms with Gasteiger partial charge in [0.05, 0.1) is 24.9 Å². The summed E-state index contributed by atoms with van der Waals surface area (Å²) in [5, 5.41) is 5.50. The number of carbonyl (C=O) groups excluding carboxylic acids is 2. The van der Waals surface area contributed by atoms with Gasteiger partial charge in [-0.05, 0) is 62.3 Å². The molecule has 0 radical (unpaired) electrons. The minimum atomic E-state index is -4.41. The van der Waals surface area contributed by atoms with Gasteiger partial charge in [0.2, 0.25) is 11.8 Å². The van der Waals surface area contributed by atoms with E-state index in [4.69, 9.17) is 4.74 Å². The number of para-hydroxylation sites is 2. The van der Waals surface area contributed by atoms with E-state index >= 15 is 0 Å². The fourth-order valence-corrected chi connectivity index (χ4v) is 3.48. The largest absolute Gasteiger partial charge is 0.495 e. The summed E-state index contributed by atoms with van der Waals surface area (Å²) in [7, 11) is 1.54. The van der Waals surface area contributed by atoms with E-state index < -0.39 is 11.7 Å². The Hall–Kier alpha value is -3.07. The number of likely N-dealkylation sites (tertiary alicyclic amines) is 1. The third-order valence-corrected chi connectivity index (χ3v) is 5.19. The Balaban J connectivity index is 1.45. The summed E-state index contributed by atoms with van der Waals surface area (Å²) < 4.78 is 43.1. The first-order valence-electron chi connectivity index (χ1n) is 9.89. The lowest BCUT2D eigenvalue weighted by Crippen LogP contribution is -2.41. The minimum Gasteiger partial charge on any atom is -0.495 e. The third kappa shape index (κ3) is 6.21. The zero-order chi connectivity index (χ0) is 22.4. The molecule has 3 rings (SSSR count). The lowest BCUT2D eigenvalue weighted by molar-refractivity contribution is -0.137. The molecule has 2 aromatic carbocycles. The number of alkyl halides is 3. The number of piperidine rings is 1. The Morgan fingerprint density at radius 1 is 1.03 bits per heavy atom. The lowest BCUT2D eigenvalue weighted by Gasteiger charge is -2.30. The molecule has 1 aliphatic heterocycles. The molecule has 0 atom stereocenters. The van der Waals surface area contributed by atoms with Crippen LogP contribution in [0.2, 0.25) is 0 Å². The number of amides is 2. The summed E-state index contributed by atoms with van der Waals surface area (Å²) in [5.41, 5.74) is 0.163. The van der Waals surface area contributed by atoms with Crippen LogP contribution in [0.5, 0.6) is 5.75 Å². The van der Waals surface area contributed by atoms with Crippen molar-refractivity contribution in [1.82, 2.24) is 4.90 Å². The SMILES string of the molecule is COc1ccccc1NC(=O)C1CCN(CC(=O)Nc2ccc(C(F)(F)F)cc2)CC1. The van der Waals surface area contributed by atoms with Crippen LogP contribution in [0.1, 0.15) is 18.4 Å². The molecule has 0 unspecified atom stereocenters. The predicted octanol–water partition coefficient (Wildman–Crippen LogP) is 4.00. The topological polar surface area (TPSA) is 70.7 Å². The average molecular weight is 435 g/mol. The molecule has 166 valence electrons. The first kappa shape index (κ1) is 22.6. The number of nitrogens with one attached hydrogen (secondary N) is 2. The van der Waals surface area contributed by atoms with E-state index in [1.165, 1.54) is 12.1 Å². The molecule has 2 N–H and O–H groups in total. The van der Waals surface area contributed by atoms with Crippen molar-refractivity contribution in [2.75, 3.05) is 37.4 Å². The highest BCUT2D eigenvalue weighted by Crippen LogP contribution is 2.30. The molecule has 0 aliphatic carbocycles. The molecular weight excluding hydrogens is 411 g/mol. The number of hydrogen-bond donors (Lipinski definition) is 2. The van der Waals surface area contributed by atoms with E-state index in [0.29, 0.717) is 43.1 Å². The smallest absolute Gasteiger partial charge is 0.416 e. The number of nitrogens with zero attached hydrogens (tertiary/aromatic N) is 1. The standard InChI is InChI=1S/C22H24F3N3O3/c1-31-19-5-3-2-4-18(19)27-21(30)15-10-12-28(13-11-15)14-20(29)26-17-8-6-16(7-9-17)22(23,24)25/h2-9,15H,10-14H2,1H3,(H,26,29)(H,27,30). The highest BCUT2D eigenvalue weighted by molar-refractivity contribution is 5.94. The van der Waals surface area contributed by atoms with Gasteiger partial charge < -0.3 is 15.4 Å². The first-order chi connectivity index (χ1) is 14.8. The molecule has 31 heavy (non-hydrogen) atoms. The summed E-state index contributed by atoms with van der Waals surface area (Å²) in [4.78, 5) is 26.7. The van der Waals surface area contributed by atoms with Gasteiger partial charge in [-0.1, -0.05) is 12.1 Å². The quantitative estimate of drug-likeness (QED) is 0.720. The van der Waals surface area contributed by atoms with Crippen LogP contribution >= 0.6 is 0 Å². The lowest BCUT2D eigenvalue weighted by atomic mass is 9.95. The number of benzene rings is 2. The third-order valence-electron chi connectivity index (χ3n) is 5.19. The van der Waals surface area contributed by atoms with Gasteiger partial charge in [-0.15, -0.1) is 0 Å². The molecule has 2 amide bonds. The van der Waals surface area contributed by atoms with Crippen molar-refractivity contribution < 1.29 is 27.5 Å². The molecule has 2 aromatic rings. The van der Waals surface area contributed by atoms with Crippen molar-refractivity contribution in [3.05, 3.63) is 54.1 Å². The molecule has 0 spiro atoms. The van der Waals surface area contributed by atoms with Crippen LogP contribution in [0.4, 0.5) is 24.5 Å². The van der Waals surface area contributed by atoms with Gasteiger partial charge in [0, 0.05) is 11.6 Å². The number of anilines is 2. The van der Waals surface area contributed by atoms with Crippen LogP contribution in [-0.4, -0.2) is 43.5 Å². The van der Waals surface area contributed by atoms with E-state index in [1.807, 2.05) is 17.0 Å². The fraction of sp³-hybridized carbons (Fsp3) is 0.364. The summed E-state index contributed by atoms with van der Waals surface area (Å²) >= 11 is 0. The van der Waals surface area contributed by atoms with Gasteiger partial charge in [0.15, 0.2) is 0 Å². The van der Waals surface area contributed by atoms with Crippen molar-refractivity contribution in [2.45, 2.75) is 19.0 Å². The van der Waals surface area contributed by atoms with E-state index in [-0.39, 0.29) is 24.3 Å². The Labute approximate surface area is 178 Å². The summed E-state index contributed by atoms with van der Waals surface area (Å²) in [6.45, 7) is 1.26. The second-order valence-corrected chi connectivity index (χ2v) is 7.36. The normalized spacial score (nSPS) is 15.4. The highest BCUT2D eigenvalue weighted by Gasteiger charge is 2.30. The number of carbonyl (C=O) groups is 2. The minimum absolute atomic E-state index is 0.0849. The predicted molar refractivity (Wildman–Crippen MR) is 111 cm³/mol. The molecule has 1 saturated heterocycles. The van der Waals surface area contributed by atoms with Gasteiger partial charge in [-0.2, -0.15) is 13.2 Å². The number of hydrogen-bond acceptors (Lipinski definition) is 4. The molecule has 1 aliphatic rings. The maximum atomic E-state index is 12.6. The van der Waals surface area contributed by atoms with Crippen LogP contribution < -0.4 is 15.4 Å². The molecule has 0 saturated carbocycles. The Kier molecular flexibility index (Phi) is 7.17. The van der Waals surface area contributed by atoms with E-state index in [9.17, 15) is 22.8 Å². The molecule has 0 aromatic heterocycles. The zero-order valence-electron chi connectivity index (χ0n) is 17.0. The molecular formula is C22H24F3N3O3. The number of ether oxygens (including phenoxy) is 1. The van der Waals surface area contributed by atoms with Gasteiger partial charge in [-0.25, -0.2) is 0 Å². The number of methoxy groups -OCH3 is 1. The number of rotatable bonds is 6. The van der Waals surface area contributed by atoms with Crippen LogP contribution in [0.15, 0.2) is 48.5 Å². The van der Waals surface area contributed by atoms with Crippen LogP contribution in [0, 0.1) is 5.92 Å². The van der Waals surface area contributed by atoms with Gasteiger partial charge in [0.25, 0.3) is 0 Å². The monoisotopic (exact) mass is 435 g/mol. The molecule has 1 fully saturated rings. The van der Waals surface area contributed by atoms with Crippen molar-refractivity contribution in [2.24, 2.45) is 5.92 Å². The fourth-order valence-electron chi connectivity index (χ4n) is 3.48. The van der Waals surface area contributed by atoms with Crippen LogP contribution in [0.25, 0.3) is 0 Å². The second kappa shape index (κ2) is 9.82. The van der Waals surface area contributed by atoms with Crippen LogP contribution in [0.3, 0.4) is 0 Å². The number of halogens is 3. The maximum Gasteiger partial charge on any atom is 0.416 e. The second-order valence-electron chi connectivity index (χ2n) is 7.36. The first-order valence-corrected chi connectivity index (χ1v) is 9.89. The Morgan fingerprint density at radius 2 is 1.68 bits per heavy atom. The average Bonchev–Trinajstić information content (AvgIpc) is 2.74. The maximum absolute atomic E-state index is 12.6. The molecule has 9 heteroatoms. The van der Waals surface area contributed by atoms with Crippen molar-refractivity contribution >= 4 is 23.2 Å². The van der Waals surface area contributed by atoms with E-state index in [0.717, 1.165) is 12.1 Å². The molecule has 0 bridgehead atoms. The van der Waals surface area contributed by atoms with Crippen molar-refractivity contribution in [3.63, 3.8) is 0 Å². The van der Waals surface area contributed by atoms with Crippen molar-refractivity contribution in [1.29, 1.82) is 0 Å². The summed E-state index contributed by atoms with van der Waals surface area (Å²) in [6.07, 6.45) is -3.20. The van der Waals surface area contributed by atoms with Gasteiger partial charge in [0.1, 0.15) is 5.75 Å². The van der Waals surface area contributed by atoms with E-state index in [2.05, 4.69) is 10.6 Å². The summed E-state index contributed by atoms with van der Waals surface area (Å²) in [5.74, 6) is 0.0300. The zero-order valence-corrected chi connectivity index (χ0v) is 17.0. The van der Waals surface area contributed by atoms with Crippen LogP contribution in [-0.2, 0) is 15.8 Å². The van der Waals surface area contributed by atoms with Gasteiger partial charge in [-0.3, -0.25) is 14.5 Å². The summed E-state index contributed by atoms with van der Waals surface area (Å²) in [6, 6.07) is 11.5. The molecule has 6 nitrogen and oxygen atoms in total. The van der Waals surface area contributed by atoms with E-state index in [1.54, 1.807) is 19.2 Å². The highest BCUT2D eigenvalue weighted by atomic mass is 19.4. The Morgan fingerprint density at radius 3 is 2.29 bits per heavy atom.